The molecule has 1 fully saturated rings. The molecule has 2 aromatic rings. The smallest absolute Gasteiger partial charge is 0.254 e. The number of carbonyl (C=O) groups is 1. The number of rotatable bonds is 4. The summed E-state index contributed by atoms with van der Waals surface area (Å²) in [5, 5.41) is 14.6. The number of hydrogen-bond donors (Lipinski definition) is 1. The van der Waals surface area contributed by atoms with Crippen molar-refractivity contribution in [2.45, 2.75) is 18.4 Å². The number of amides is 1. The molecule has 1 saturated heterocycles. The van der Waals surface area contributed by atoms with Gasteiger partial charge in [0.05, 0.1) is 23.9 Å². The molecule has 122 valence electrons. The van der Waals surface area contributed by atoms with Gasteiger partial charge in [0, 0.05) is 37.9 Å². The van der Waals surface area contributed by atoms with E-state index in [1.807, 2.05) is 15.7 Å². The van der Waals surface area contributed by atoms with Crippen LogP contribution in [0.25, 0.3) is 0 Å². The number of thiophene rings is 1. The lowest BCUT2D eigenvalue weighted by molar-refractivity contribution is -0.000130. The van der Waals surface area contributed by atoms with Gasteiger partial charge in [-0.25, -0.2) is 4.98 Å². The first-order chi connectivity index (χ1) is 11.1. The van der Waals surface area contributed by atoms with E-state index in [2.05, 4.69) is 9.97 Å². The van der Waals surface area contributed by atoms with E-state index in [-0.39, 0.29) is 5.91 Å². The van der Waals surface area contributed by atoms with Crippen LogP contribution >= 0.6 is 11.3 Å². The fraction of sp³-hybridized carbons (Fsp3) is 0.438. The van der Waals surface area contributed by atoms with Gasteiger partial charge >= 0.3 is 0 Å². The van der Waals surface area contributed by atoms with E-state index in [0.717, 1.165) is 18.8 Å². The number of nitrogens with zero attached hydrogens (tertiary/aromatic N) is 4. The fourth-order valence-corrected chi connectivity index (χ4v) is 3.64. The van der Waals surface area contributed by atoms with E-state index < -0.39 is 5.60 Å². The van der Waals surface area contributed by atoms with Crippen LogP contribution in [-0.2, 0) is 0 Å². The maximum Gasteiger partial charge on any atom is 0.254 e. The second kappa shape index (κ2) is 6.64. The quantitative estimate of drug-likeness (QED) is 0.922. The van der Waals surface area contributed by atoms with Crippen molar-refractivity contribution in [3.8, 4) is 0 Å². The van der Waals surface area contributed by atoms with Crippen LogP contribution in [0.4, 0.5) is 5.82 Å². The molecular formula is C16H20N4O2S. The molecule has 1 aliphatic heterocycles. The molecule has 23 heavy (non-hydrogen) atoms. The van der Waals surface area contributed by atoms with Crippen LogP contribution < -0.4 is 4.90 Å². The number of aromatic nitrogens is 2. The summed E-state index contributed by atoms with van der Waals surface area (Å²) in [6, 6.07) is 1.81. The monoisotopic (exact) mass is 332 g/mol. The molecule has 1 unspecified atom stereocenters. The molecule has 0 saturated carbocycles. The van der Waals surface area contributed by atoms with Crippen molar-refractivity contribution in [2.75, 3.05) is 31.6 Å². The molecule has 0 aromatic carbocycles. The Balaban J connectivity index is 1.67. The first-order valence-corrected chi connectivity index (χ1v) is 8.53. The van der Waals surface area contributed by atoms with Crippen molar-refractivity contribution in [2.24, 2.45) is 0 Å². The predicted octanol–water partition coefficient (Wildman–Crippen LogP) is 1.64. The second-order valence-electron chi connectivity index (χ2n) is 5.99. The molecule has 7 heteroatoms. The molecule has 3 heterocycles. The largest absolute Gasteiger partial charge is 0.386 e. The summed E-state index contributed by atoms with van der Waals surface area (Å²) in [6.07, 6.45) is 6.51. The van der Waals surface area contributed by atoms with Gasteiger partial charge in [-0.15, -0.1) is 0 Å². The second-order valence-corrected chi connectivity index (χ2v) is 6.77. The lowest BCUT2D eigenvalue weighted by Gasteiger charge is -2.41. The molecule has 1 N–H and O–H groups in total. The molecule has 6 nitrogen and oxygen atoms in total. The topological polar surface area (TPSA) is 69.6 Å². The van der Waals surface area contributed by atoms with Crippen molar-refractivity contribution in [3.63, 3.8) is 0 Å². The Hall–Kier alpha value is -1.99. The summed E-state index contributed by atoms with van der Waals surface area (Å²) in [5.41, 5.74) is -0.265. The van der Waals surface area contributed by atoms with Gasteiger partial charge in [-0.05, 0) is 24.3 Å². The minimum Gasteiger partial charge on any atom is -0.386 e. The minimum absolute atomic E-state index is 0.0590. The number of β-amino-alcohol motifs (C(OH)–C–C–N with tert-alkyl or cyclic N) is 1. The summed E-state index contributed by atoms with van der Waals surface area (Å²) in [6.45, 7) is 1.59. The summed E-state index contributed by atoms with van der Waals surface area (Å²) in [7, 11) is 1.74. The van der Waals surface area contributed by atoms with Crippen molar-refractivity contribution in [1.82, 2.24) is 14.9 Å². The number of hydrogen-bond acceptors (Lipinski definition) is 6. The standard InChI is InChI=1S/C16H20N4O2S/c1-19(15(21)13-3-8-23-10-13)11-16(22)4-2-7-20(12-16)14-9-17-5-6-18-14/h3,5-6,8-10,22H,2,4,7,11-12H2,1H3. The molecule has 2 aromatic heterocycles. The van der Waals surface area contributed by atoms with E-state index in [1.54, 1.807) is 36.6 Å². The molecule has 0 spiro atoms. The van der Waals surface area contributed by atoms with Crippen molar-refractivity contribution in [1.29, 1.82) is 0 Å². The van der Waals surface area contributed by atoms with E-state index in [0.29, 0.717) is 25.1 Å². The molecular weight excluding hydrogens is 312 g/mol. The zero-order chi connectivity index (χ0) is 16.3. The van der Waals surface area contributed by atoms with Gasteiger partial charge in [0.25, 0.3) is 5.91 Å². The van der Waals surface area contributed by atoms with Gasteiger partial charge in [-0.2, -0.15) is 11.3 Å². The van der Waals surface area contributed by atoms with Gasteiger partial charge in [-0.3, -0.25) is 9.78 Å². The van der Waals surface area contributed by atoms with Crippen LogP contribution in [0.2, 0.25) is 0 Å². The van der Waals surface area contributed by atoms with Gasteiger partial charge < -0.3 is 14.9 Å². The van der Waals surface area contributed by atoms with Gasteiger partial charge in [-0.1, -0.05) is 0 Å². The Kier molecular flexibility index (Phi) is 4.58. The average Bonchev–Trinajstić information content (AvgIpc) is 3.09. The summed E-state index contributed by atoms with van der Waals surface area (Å²) in [5.74, 6) is 0.703. The Morgan fingerprint density at radius 1 is 1.52 bits per heavy atom. The third-order valence-electron chi connectivity index (χ3n) is 4.08. The lowest BCUT2D eigenvalue weighted by atomic mass is 9.92. The van der Waals surface area contributed by atoms with E-state index in [4.69, 9.17) is 0 Å². The Morgan fingerprint density at radius 2 is 2.39 bits per heavy atom. The van der Waals surface area contributed by atoms with Crippen LogP contribution in [0.1, 0.15) is 23.2 Å². The third kappa shape index (κ3) is 3.68. The SMILES string of the molecule is CN(CC1(O)CCCN(c2cnccn2)C1)C(=O)c1ccsc1. The predicted molar refractivity (Wildman–Crippen MR) is 89.7 cm³/mol. The zero-order valence-electron chi connectivity index (χ0n) is 13.1. The molecule has 0 bridgehead atoms. The highest BCUT2D eigenvalue weighted by Crippen LogP contribution is 2.25. The molecule has 0 aliphatic carbocycles. The lowest BCUT2D eigenvalue weighted by Crippen LogP contribution is -2.54. The average molecular weight is 332 g/mol. The van der Waals surface area contributed by atoms with Crippen molar-refractivity contribution < 1.29 is 9.90 Å². The van der Waals surface area contributed by atoms with Crippen LogP contribution in [0.15, 0.2) is 35.4 Å². The third-order valence-corrected chi connectivity index (χ3v) is 4.76. The summed E-state index contributed by atoms with van der Waals surface area (Å²) in [4.78, 5) is 24.4. The van der Waals surface area contributed by atoms with Crippen LogP contribution in [-0.4, -0.2) is 58.2 Å². The maximum atomic E-state index is 12.4. The summed E-state index contributed by atoms with van der Waals surface area (Å²) < 4.78 is 0. The van der Waals surface area contributed by atoms with Crippen LogP contribution in [0, 0.1) is 0 Å². The van der Waals surface area contributed by atoms with Crippen LogP contribution in [0.5, 0.6) is 0 Å². The summed E-state index contributed by atoms with van der Waals surface area (Å²) >= 11 is 1.49. The van der Waals surface area contributed by atoms with Crippen molar-refractivity contribution in [3.05, 3.63) is 41.0 Å². The maximum absolute atomic E-state index is 12.4. The number of anilines is 1. The Bertz CT molecular complexity index is 649. The zero-order valence-corrected chi connectivity index (χ0v) is 13.9. The molecule has 0 radical (unpaired) electrons. The Morgan fingerprint density at radius 3 is 3.09 bits per heavy atom. The Labute approximate surface area is 139 Å². The van der Waals surface area contributed by atoms with Crippen molar-refractivity contribution >= 4 is 23.1 Å². The number of likely N-dealkylation sites (N-methyl/N-ethyl adjacent to an activating group) is 1. The molecule has 1 atom stereocenters. The minimum atomic E-state index is -0.934. The van der Waals surface area contributed by atoms with E-state index in [9.17, 15) is 9.90 Å². The first-order valence-electron chi connectivity index (χ1n) is 7.58. The highest BCUT2D eigenvalue weighted by molar-refractivity contribution is 7.08. The van der Waals surface area contributed by atoms with Gasteiger partial charge in [0.15, 0.2) is 0 Å². The van der Waals surface area contributed by atoms with E-state index >= 15 is 0 Å². The highest BCUT2D eigenvalue weighted by Gasteiger charge is 2.36. The molecule has 1 aliphatic rings. The highest BCUT2D eigenvalue weighted by atomic mass is 32.1. The van der Waals surface area contributed by atoms with Crippen LogP contribution in [0.3, 0.4) is 0 Å². The fourth-order valence-electron chi connectivity index (χ4n) is 3.01. The molecule has 1 amide bonds. The van der Waals surface area contributed by atoms with Gasteiger partial charge in [0.2, 0.25) is 0 Å². The molecule has 3 rings (SSSR count). The number of piperidine rings is 1. The normalized spacial score (nSPS) is 21.2. The first kappa shape index (κ1) is 15.9. The van der Waals surface area contributed by atoms with E-state index in [1.165, 1.54) is 11.3 Å². The number of carbonyl (C=O) groups excluding carboxylic acids is 1. The number of aliphatic hydroxyl groups is 1. The van der Waals surface area contributed by atoms with Gasteiger partial charge in [0.1, 0.15) is 5.82 Å².